The second kappa shape index (κ2) is 9.46. The van der Waals surface area contributed by atoms with Crippen LogP contribution in [0.5, 0.6) is 0 Å². The molecule has 0 radical (unpaired) electrons. The normalized spacial score (nSPS) is 15.0. The standard InChI is InChI=1S/C21H21FIN3O2S/c22-16-6-3-8-18-19(16)24-21(29-18)26(10-4-9-25-11-13-28-14-12-25)20(27)15-5-1-2-7-17(15)23/h1-3,5-8H,4,9-14H2. The summed E-state index contributed by atoms with van der Waals surface area (Å²) in [6.07, 6.45) is 0.813. The molecule has 8 heteroatoms. The maximum Gasteiger partial charge on any atom is 0.261 e. The number of hydrogen-bond acceptors (Lipinski definition) is 5. The van der Waals surface area contributed by atoms with E-state index in [-0.39, 0.29) is 11.7 Å². The molecule has 1 saturated heterocycles. The fraction of sp³-hybridized carbons (Fsp3) is 0.333. The second-order valence-electron chi connectivity index (χ2n) is 6.83. The molecule has 0 unspecified atom stereocenters. The number of nitrogens with zero attached hydrogens (tertiary/aromatic N) is 3. The van der Waals surface area contributed by atoms with E-state index in [9.17, 15) is 9.18 Å². The van der Waals surface area contributed by atoms with Crippen molar-refractivity contribution in [3.05, 3.63) is 57.4 Å². The first-order chi connectivity index (χ1) is 14.1. The van der Waals surface area contributed by atoms with E-state index in [1.807, 2.05) is 30.3 Å². The first-order valence-corrected chi connectivity index (χ1v) is 11.4. The Bertz CT molecular complexity index is 1010. The van der Waals surface area contributed by atoms with Crippen molar-refractivity contribution in [3.8, 4) is 0 Å². The maximum absolute atomic E-state index is 14.2. The average Bonchev–Trinajstić information content (AvgIpc) is 3.17. The SMILES string of the molecule is O=C(c1ccccc1I)N(CCCN1CCOCC1)c1nc2c(F)cccc2s1. The summed E-state index contributed by atoms with van der Waals surface area (Å²) in [5, 5.41) is 0.539. The van der Waals surface area contributed by atoms with Crippen molar-refractivity contribution < 1.29 is 13.9 Å². The second-order valence-corrected chi connectivity index (χ2v) is 9.00. The van der Waals surface area contributed by atoms with Gasteiger partial charge in [0.2, 0.25) is 0 Å². The van der Waals surface area contributed by atoms with E-state index < -0.39 is 0 Å². The third kappa shape index (κ3) is 4.76. The molecule has 1 fully saturated rings. The number of anilines is 1. The average molecular weight is 525 g/mol. The molecule has 3 aromatic rings. The fourth-order valence-electron chi connectivity index (χ4n) is 3.36. The van der Waals surface area contributed by atoms with Crippen LogP contribution in [0.15, 0.2) is 42.5 Å². The van der Waals surface area contributed by atoms with Crippen molar-refractivity contribution in [1.29, 1.82) is 0 Å². The van der Waals surface area contributed by atoms with Crippen LogP contribution >= 0.6 is 33.9 Å². The minimum absolute atomic E-state index is 0.101. The molecule has 2 heterocycles. The summed E-state index contributed by atoms with van der Waals surface area (Å²) < 4.78 is 21.2. The van der Waals surface area contributed by atoms with Crippen molar-refractivity contribution in [2.24, 2.45) is 0 Å². The summed E-state index contributed by atoms with van der Waals surface area (Å²) in [5.41, 5.74) is 0.959. The molecule has 1 aromatic heterocycles. The van der Waals surface area contributed by atoms with Gasteiger partial charge in [0.05, 0.1) is 23.5 Å². The summed E-state index contributed by atoms with van der Waals surface area (Å²) in [6.45, 7) is 4.75. The number of ether oxygens (including phenoxy) is 1. The number of carbonyl (C=O) groups is 1. The fourth-order valence-corrected chi connectivity index (χ4v) is 4.98. The van der Waals surface area contributed by atoms with Crippen molar-refractivity contribution in [2.75, 3.05) is 44.3 Å². The number of para-hydroxylation sites is 1. The number of fused-ring (bicyclic) bond motifs is 1. The van der Waals surface area contributed by atoms with Gasteiger partial charge in [-0.2, -0.15) is 0 Å². The third-order valence-electron chi connectivity index (χ3n) is 4.90. The van der Waals surface area contributed by atoms with Gasteiger partial charge in [-0.3, -0.25) is 14.6 Å². The number of thiazole rings is 1. The van der Waals surface area contributed by atoms with Gasteiger partial charge in [-0.1, -0.05) is 29.5 Å². The lowest BCUT2D eigenvalue weighted by atomic mass is 10.2. The molecule has 29 heavy (non-hydrogen) atoms. The summed E-state index contributed by atoms with van der Waals surface area (Å²) in [6, 6.07) is 12.4. The van der Waals surface area contributed by atoms with Crippen LogP contribution in [0.3, 0.4) is 0 Å². The van der Waals surface area contributed by atoms with Crippen LogP contribution in [-0.4, -0.2) is 55.2 Å². The molecule has 0 saturated carbocycles. The number of halogens is 2. The molecule has 0 N–H and O–H groups in total. The molecule has 4 rings (SSSR count). The number of benzene rings is 2. The maximum atomic E-state index is 14.2. The highest BCUT2D eigenvalue weighted by atomic mass is 127. The minimum atomic E-state index is -0.361. The number of morpholine rings is 1. The molecule has 0 bridgehead atoms. The van der Waals surface area contributed by atoms with Crippen molar-refractivity contribution >= 4 is 55.2 Å². The predicted octanol–water partition coefficient (Wildman–Crippen LogP) is 4.41. The Labute approximate surface area is 186 Å². The highest BCUT2D eigenvalue weighted by Gasteiger charge is 2.23. The van der Waals surface area contributed by atoms with Crippen LogP contribution < -0.4 is 4.90 Å². The van der Waals surface area contributed by atoms with Gasteiger partial charge >= 0.3 is 0 Å². The number of aromatic nitrogens is 1. The summed E-state index contributed by atoms with van der Waals surface area (Å²) >= 11 is 3.53. The Morgan fingerprint density at radius 2 is 2.00 bits per heavy atom. The van der Waals surface area contributed by atoms with E-state index in [1.165, 1.54) is 17.4 Å². The Morgan fingerprint density at radius 3 is 2.76 bits per heavy atom. The lowest BCUT2D eigenvalue weighted by Crippen LogP contribution is -2.39. The lowest BCUT2D eigenvalue weighted by molar-refractivity contribution is 0.0376. The van der Waals surface area contributed by atoms with Gasteiger partial charge in [-0.15, -0.1) is 0 Å². The predicted molar refractivity (Wildman–Crippen MR) is 122 cm³/mol. The van der Waals surface area contributed by atoms with Gasteiger partial charge in [-0.05, 0) is 53.3 Å². The molecule has 1 aliphatic heterocycles. The van der Waals surface area contributed by atoms with E-state index >= 15 is 0 Å². The smallest absolute Gasteiger partial charge is 0.261 e. The quantitative estimate of drug-likeness (QED) is 0.448. The Morgan fingerprint density at radius 1 is 1.21 bits per heavy atom. The molecule has 5 nitrogen and oxygen atoms in total. The Hall–Kier alpha value is -1.62. The molecule has 0 atom stereocenters. The Balaban J connectivity index is 1.59. The van der Waals surface area contributed by atoms with Gasteiger partial charge in [0.15, 0.2) is 5.13 Å². The van der Waals surface area contributed by atoms with Crippen LogP contribution in [-0.2, 0) is 4.74 Å². The van der Waals surface area contributed by atoms with E-state index in [4.69, 9.17) is 4.74 Å². The van der Waals surface area contributed by atoms with E-state index in [1.54, 1.807) is 11.0 Å². The number of carbonyl (C=O) groups excluding carboxylic acids is 1. The van der Waals surface area contributed by atoms with E-state index in [0.717, 1.165) is 47.5 Å². The van der Waals surface area contributed by atoms with Gasteiger partial charge in [0.25, 0.3) is 5.91 Å². The Kier molecular flexibility index (Phi) is 6.74. The van der Waals surface area contributed by atoms with Gasteiger partial charge in [0.1, 0.15) is 11.3 Å². The van der Waals surface area contributed by atoms with Crippen LogP contribution in [0, 0.1) is 9.39 Å². The number of amides is 1. The molecule has 0 spiro atoms. The molecule has 0 aliphatic carbocycles. The molecule has 1 aliphatic rings. The monoisotopic (exact) mass is 525 g/mol. The first-order valence-electron chi connectivity index (χ1n) is 9.55. The summed E-state index contributed by atoms with van der Waals surface area (Å²) in [4.78, 5) is 21.9. The molecule has 152 valence electrons. The third-order valence-corrected chi connectivity index (χ3v) is 6.88. The van der Waals surface area contributed by atoms with Crippen LogP contribution in [0.4, 0.5) is 9.52 Å². The largest absolute Gasteiger partial charge is 0.379 e. The highest BCUT2D eigenvalue weighted by molar-refractivity contribution is 14.1. The van der Waals surface area contributed by atoms with Crippen LogP contribution in [0.1, 0.15) is 16.8 Å². The molecule has 1 amide bonds. The summed E-state index contributed by atoms with van der Waals surface area (Å²) in [5.74, 6) is -0.462. The van der Waals surface area contributed by atoms with Crippen molar-refractivity contribution in [1.82, 2.24) is 9.88 Å². The van der Waals surface area contributed by atoms with E-state index in [0.29, 0.717) is 22.8 Å². The summed E-state index contributed by atoms with van der Waals surface area (Å²) in [7, 11) is 0. The molecular formula is C21H21FIN3O2S. The first kappa shape index (κ1) is 20.6. The van der Waals surface area contributed by atoms with Gasteiger partial charge in [-0.25, -0.2) is 9.37 Å². The highest BCUT2D eigenvalue weighted by Crippen LogP contribution is 2.31. The van der Waals surface area contributed by atoms with Crippen molar-refractivity contribution in [2.45, 2.75) is 6.42 Å². The molecule has 2 aromatic carbocycles. The lowest BCUT2D eigenvalue weighted by Gasteiger charge is -2.27. The van der Waals surface area contributed by atoms with Crippen LogP contribution in [0.25, 0.3) is 10.2 Å². The van der Waals surface area contributed by atoms with E-state index in [2.05, 4.69) is 32.5 Å². The zero-order valence-corrected chi connectivity index (χ0v) is 18.8. The van der Waals surface area contributed by atoms with Gasteiger partial charge in [0, 0.05) is 29.7 Å². The molecular weight excluding hydrogens is 504 g/mol. The topological polar surface area (TPSA) is 45.7 Å². The van der Waals surface area contributed by atoms with Gasteiger partial charge < -0.3 is 4.74 Å². The zero-order chi connectivity index (χ0) is 20.2. The minimum Gasteiger partial charge on any atom is -0.379 e. The van der Waals surface area contributed by atoms with Crippen molar-refractivity contribution in [3.63, 3.8) is 0 Å². The zero-order valence-electron chi connectivity index (χ0n) is 15.8. The van der Waals surface area contributed by atoms with Crippen LogP contribution in [0.2, 0.25) is 0 Å². The number of hydrogen-bond donors (Lipinski definition) is 0. The number of rotatable bonds is 6.